The zero-order chi connectivity index (χ0) is 13.5. The van der Waals surface area contributed by atoms with Crippen molar-refractivity contribution < 1.29 is 9.26 Å². The van der Waals surface area contributed by atoms with E-state index < -0.39 is 5.60 Å². The average molecular weight is 257 g/mol. The minimum absolute atomic E-state index is 0.469. The van der Waals surface area contributed by atoms with E-state index in [0.29, 0.717) is 11.7 Å². The molecule has 0 radical (unpaired) electrons. The molecule has 1 N–H and O–H groups in total. The van der Waals surface area contributed by atoms with Crippen LogP contribution in [0.5, 0.6) is 0 Å². The maximum atomic E-state index is 5.34. The third-order valence-electron chi connectivity index (χ3n) is 3.24. The number of nitrogens with zero attached hydrogens (tertiary/aromatic N) is 2. The molecule has 0 aliphatic rings. The van der Waals surface area contributed by atoms with Crippen LogP contribution in [0, 0.1) is 0 Å². The van der Waals surface area contributed by atoms with Gasteiger partial charge in [0.15, 0.2) is 0 Å². The lowest BCUT2D eigenvalue weighted by Gasteiger charge is -2.17. The third-order valence-corrected chi connectivity index (χ3v) is 3.24. The van der Waals surface area contributed by atoms with Crippen molar-refractivity contribution in [2.45, 2.75) is 19.4 Å². The summed E-state index contributed by atoms with van der Waals surface area (Å²) in [6.07, 6.45) is 0. The van der Waals surface area contributed by atoms with Crippen LogP contribution in [0.2, 0.25) is 0 Å². The Kier molecular flexibility index (Phi) is 2.64. The van der Waals surface area contributed by atoms with E-state index in [9.17, 15) is 0 Å². The molecule has 0 saturated carbocycles. The van der Waals surface area contributed by atoms with Gasteiger partial charge in [0.1, 0.15) is 11.3 Å². The van der Waals surface area contributed by atoms with Crippen LogP contribution < -0.4 is 0 Å². The fourth-order valence-corrected chi connectivity index (χ4v) is 1.86. The number of H-pyrrole nitrogens is 1. The zero-order valence-corrected chi connectivity index (χ0v) is 11.1. The van der Waals surface area contributed by atoms with Gasteiger partial charge < -0.3 is 14.2 Å². The Bertz CT molecular complexity index is 679. The van der Waals surface area contributed by atoms with E-state index in [-0.39, 0.29) is 0 Å². The van der Waals surface area contributed by atoms with Gasteiger partial charge in [-0.3, -0.25) is 0 Å². The predicted octanol–water partition coefficient (Wildman–Crippen LogP) is 3.10. The van der Waals surface area contributed by atoms with Crippen LogP contribution in [-0.4, -0.2) is 22.2 Å². The van der Waals surface area contributed by atoms with Gasteiger partial charge in [-0.1, -0.05) is 23.4 Å². The zero-order valence-electron chi connectivity index (χ0n) is 11.1. The van der Waals surface area contributed by atoms with Crippen LogP contribution in [0.3, 0.4) is 0 Å². The molecular weight excluding hydrogens is 242 g/mol. The van der Waals surface area contributed by atoms with Crippen molar-refractivity contribution >= 4 is 10.9 Å². The van der Waals surface area contributed by atoms with Crippen LogP contribution in [0.25, 0.3) is 22.5 Å². The molecule has 0 amide bonds. The summed E-state index contributed by atoms with van der Waals surface area (Å²) >= 11 is 0. The van der Waals surface area contributed by atoms with Crippen LogP contribution in [0.4, 0.5) is 0 Å². The van der Waals surface area contributed by atoms with Gasteiger partial charge >= 0.3 is 0 Å². The molecule has 0 unspecified atom stereocenters. The maximum absolute atomic E-state index is 5.34. The standard InChI is InChI=1S/C14H15N3O2/c1-14(2,18-3)13-16-12(19-17-13)11-8-9-6-4-5-7-10(9)15-11/h4-8,15H,1-3H3. The first-order chi connectivity index (χ1) is 9.10. The Labute approximate surface area is 110 Å². The minimum atomic E-state index is -0.562. The highest BCUT2D eigenvalue weighted by Crippen LogP contribution is 2.26. The molecule has 0 spiro atoms. The fraction of sp³-hybridized carbons (Fsp3) is 0.286. The van der Waals surface area contributed by atoms with Gasteiger partial charge in [-0.2, -0.15) is 4.98 Å². The number of rotatable bonds is 3. The van der Waals surface area contributed by atoms with Crippen molar-refractivity contribution in [3.05, 3.63) is 36.2 Å². The molecular formula is C14H15N3O2. The van der Waals surface area contributed by atoms with Gasteiger partial charge in [0.2, 0.25) is 5.82 Å². The number of ether oxygens (including phenoxy) is 1. The molecule has 0 atom stereocenters. The Hall–Kier alpha value is -2.14. The summed E-state index contributed by atoms with van der Waals surface area (Å²) in [6, 6.07) is 10.0. The Morgan fingerprint density at radius 3 is 2.79 bits per heavy atom. The number of para-hydroxylation sites is 1. The van der Waals surface area contributed by atoms with Crippen molar-refractivity contribution in [1.82, 2.24) is 15.1 Å². The van der Waals surface area contributed by atoms with Gasteiger partial charge in [0.25, 0.3) is 5.89 Å². The molecule has 5 heteroatoms. The minimum Gasteiger partial charge on any atom is -0.371 e. The van der Waals surface area contributed by atoms with Crippen LogP contribution in [-0.2, 0) is 10.3 Å². The highest BCUT2D eigenvalue weighted by molar-refractivity contribution is 5.84. The molecule has 0 aliphatic heterocycles. The van der Waals surface area contributed by atoms with E-state index in [1.165, 1.54) is 0 Å². The van der Waals surface area contributed by atoms with E-state index >= 15 is 0 Å². The number of hydrogen-bond acceptors (Lipinski definition) is 4. The second-order valence-corrected chi connectivity index (χ2v) is 4.91. The van der Waals surface area contributed by atoms with Crippen molar-refractivity contribution in [2.75, 3.05) is 7.11 Å². The first-order valence-electron chi connectivity index (χ1n) is 6.07. The quantitative estimate of drug-likeness (QED) is 0.783. The van der Waals surface area contributed by atoms with Crippen molar-refractivity contribution in [2.24, 2.45) is 0 Å². The number of benzene rings is 1. The summed E-state index contributed by atoms with van der Waals surface area (Å²) in [5.41, 5.74) is 1.29. The molecule has 0 fully saturated rings. The summed E-state index contributed by atoms with van der Waals surface area (Å²) in [7, 11) is 1.62. The summed E-state index contributed by atoms with van der Waals surface area (Å²) in [4.78, 5) is 7.64. The second-order valence-electron chi connectivity index (χ2n) is 4.91. The molecule has 98 valence electrons. The monoisotopic (exact) mass is 257 g/mol. The SMILES string of the molecule is COC(C)(C)c1noc(-c2cc3ccccc3[nH]2)n1. The predicted molar refractivity (Wildman–Crippen MR) is 71.6 cm³/mol. The highest BCUT2D eigenvalue weighted by atomic mass is 16.5. The first kappa shape index (κ1) is 11.9. The number of methoxy groups -OCH3 is 1. The summed E-state index contributed by atoms with van der Waals surface area (Å²) in [5.74, 6) is 1.000. The van der Waals surface area contributed by atoms with Gasteiger partial charge in [-0.15, -0.1) is 0 Å². The number of nitrogens with one attached hydrogen (secondary N) is 1. The van der Waals surface area contributed by atoms with Crippen molar-refractivity contribution in [3.8, 4) is 11.6 Å². The molecule has 2 heterocycles. The topological polar surface area (TPSA) is 63.9 Å². The van der Waals surface area contributed by atoms with Gasteiger partial charge in [-0.05, 0) is 26.0 Å². The number of aromatic nitrogens is 3. The Balaban J connectivity index is 2.03. The summed E-state index contributed by atoms with van der Waals surface area (Å²) in [5, 5.41) is 5.09. The molecule has 3 rings (SSSR count). The number of hydrogen-bond donors (Lipinski definition) is 1. The fourth-order valence-electron chi connectivity index (χ4n) is 1.86. The summed E-state index contributed by atoms with van der Waals surface area (Å²) < 4.78 is 10.6. The van der Waals surface area contributed by atoms with Crippen LogP contribution in [0.15, 0.2) is 34.9 Å². The van der Waals surface area contributed by atoms with Crippen molar-refractivity contribution in [3.63, 3.8) is 0 Å². The Morgan fingerprint density at radius 2 is 2.05 bits per heavy atom. The average Bonchev–Trinajstić information content (AvgIpc) is 3.05. The van der Waals surface area contributed by atoms with E-state index in [1.807, 2.05) is 44.2 Å². The number of aromatic amines is 1. The highest BCUT2D eigenvalue weighted by Gasteiger charge is 2.26. The molecule has 5 nitrogen and oxygen atoms in total. The van der Waals surface area contributed by atoms with E-state index in [4.69, 9.17) is 9.26 Å². The molecule has 0 aliphatic carbocycles. The molecule has 0 bridgehead atoms. The lowest BCUT2D eigenvalue weighted by molar-refractivity contribution is 0.00973. The normalized spacial score (nSPS) is 12.2. The van der Waals surface area contributed by atoms with Gasteiger partial charge in [0.05, 0.1) is 0 Å². The number of fused-ring (bicyclic) bond motifs is 1. The largest absolute Gasteiger partial charge is 0.371 e. The lowest BCUT2D eigenvalue weighted by atomic mass is 10.1. The molecule has 0 saturated heterocycles. The van der Waals surface area contributed by atoms with Crippen molar-refractivity contribution in [1.29, 1.82) is 0 Å². The molecule has 19 heavy (non-hydrogen) atoms. The van der Waals surface area contributed by atoms with E-state index in [2.05, 4.69) is 15.1 Å². The van der Waals surface area contributed by atoms with Crippen LogP contribution in [0.1, 0.15) is 19.7 Å². The van der Waals surface area contributed by atoms with Crippen LogP contribution >= 0.6 is 0 Å². The summed E-state index contributed by atoms with van der Waals surface area (Å²) in [6.45, 7) is 3.79. The van der Waals surface area contributed by atoms with Gasteiger partial charge in [-0.25, -0.2) is 0 Å². The second kappa shape index (κ2) is 4.20. The van der Waals surface area contributed by atoms with E-state index in [0.717, 1.165) is 16.6 Å². The smallest absolute Gasteiger partial charge is 0.274 e. The lowest BCUT2D eigenvalue weighted by Crippen LogP contribution is -2.21. The maximum Gasteiger partial charge on any atom is 0.274 e. The van der Waals surface area contributed by atoms with E-state index in [1.54, 1.807) is 7.11 Å². The van der Waals surface area contributed by atoms with Gasteiger partial charge in [0, 0.05) is 18.0 Å². The molecule has 2 aromatic heterocycles. The molecule has 3 aromatic rings. The first-order valence-corrected chi connectivity index (χ1v) is 6.07. The molecule has 1 aromatic carbocycles. The Morgan fingerprint density at radius 1 is 1.26 bits per heavy atom. The third kappa shape index (κ3) is 2.02.